The highest BCUT2D eigenvalue weighted by atomic mass is 16.5. The zero-order chi connectivity index (χ0) is 14.5. The summed E-state index contributed by atoms with van der Waals surface area (Å²) < 4.78 is 5.68. The molecule has 4 heteroatoms. The van der Waals surface area contributed by atoms with Gasteiger partial charge in [0.25, 0.3) is 0 Å². The van der Waals surface area contributed by atoms with Crippen LogP contribution in [-0.4, -0.2) is 25.1 Å². The molecule has 0 saturated carbocycles. The van der Waals surface area contributed by atoms with E-state index in [-0.39, 0.29) is 5.91 Å². The predicted molar refractivity (Wildman–Crippen MR) is 77.3 cm³/mol. The van der Waals surface area contributed by atoms with Gasteiger partial charge in [-0.3, -0.25) is 4.79 Å². The average Bonchev–Trinajstić information content (AvgIpc) is 2.38. The molecule has 0 aliphatic rings. The van der Waals surface area contributed by atoms with E-state index in [2.05, 4.69) is 19.2 Å². The number of rotatable bonds is 7. The van der Waals surface area contributed by atoms with Crippen LogP contribution in [0.1, 0.15) is 30.9 Å². The second kappa shape index (κ2) is 6.57. The van der Waals surface area contributed by atoms with Crippen LogP contribution in [0.5, 0.6) is 5.75 Å². The maximum atomic E-state index is 11.3. The van der Waals surface area contributed by atoms with Crippen molar-refractivity contribution in [1.82, 2.24) is 5.32 Å². The lowest BCUT2D eigenvalue weighted by Crippen LogP contribution is -2.51. The third-order valence-corrected chi connectivity index (χ3v) is 3.66. The monoisotopic (exact) mass is 264 g/mol. The molecule has 1 rings (SSSR count). The van der Waals surface area contributed by atoms with Gasteiger partial charge in [0.15, 0.2) is 0 Å². The summed E-state index contributed by atoms with van der Waals surface area (Å²) in [7, 11) is 1.74. The zero-order valence-electron chi connectivity index (χ0n) is 12.2. The summed E-state index contributed by atoms with van der Waals surface area (Å²) >= 11 is 0. The SMILES string of the molecule is CNC(C)(CCCOc1ccc(C)c(C)c1)C(N)=O. The fourth-order valence-electron chi connectivity index (χ4n) is 1.79. The minimum Gasteiger partial charge on any atom is -0.494 e. The van der Waals surface area contributed by atoms with Crippen LogP contribution in [0, 0.1) is 13.8 Å². The lowest BCUT2D eigenvalue weighted by molar-refractivity contribution is -0.123. The maximum absolute atomic E-state index is 11.3. The standard InChI is InChI=1S/C15H24N2O2/c1-11-6-7-13(10-12(11)2)19-9-5-8-15(3,17-4)14(16)18/h6-7,10,17H,5,8-9H2,1-4H3,(H2,16,18). The molecule has 4 nitrogen and oxygen atoms in total. The molecule has 19 heavy (non-hydrogen) atoms. The Morgan fingerprint density at radius 3 is 2.58 bits per heavy atom. The predicted octanol–water partition coefficient (Wildman–Crippen LogP) is 1.93. The molecule has 3 N–H and O–H groups in total. The molecule has 0 bridgehead atoms. The normalized spacial score (nSPS) is 13.9. The summed E-state index contributed by atoms with van der Waals surface area (Å²) in [5, 5.41) is 2.96. The first-order valence-corrected chi connectivity index (χ1v) is 6.58. The van der Waals surface area contributed by atoms with Crippen LogP contribution in [0.4, 0.5) is 0 Å². The van der Waals surface area contributed by atoms with E-state index in [0.29, 0.717) is 13.0 Å². The number of aryl methyl sites for hydroxylation is 2. The summed E-state index contributed by atoms with van der Waals surface area (Å²) in [6.45, 7) is 6.52. The molecular formula is C15H24N2O2. The van der Waals surface area contributed by atoms with Gasteiger partial charge in [0, 0.05) is 0 Å². The van der Waals surface area contributed by atoms with E-state index in [1.807, 2.05) is 25.1 Å². The van der Waals surface area contributed by atoms with Gasteiger partial charge in [-0.1, -0.05) is 6.07 Å². The number of amides is 1. The van der Waals surface area contributed by atoms with Gasteiger partial charge in [-0.25, -0.2) is 0 Å². The van der Waals surface area contributed by atoms with Gasteiger partial charge in [-0.2, -0.15) is 0 Å². The van der Waals surface area contributed by atoms with Crippen molar-refractivity contribution in [3.05, 3.63) is 29.3 Å². The second-order valence-corrected chi connectivity index (χ2v) is 5.14. The van der Waals surface area contributed by atoms with Crippen LogP contribution in [0.3, 0.4) is 0 Å². The fraction of sp³-hybridized carbons (Fsp3) is 0.533. The number of hydrogen-bond acceptors (Lipinski definition) is 3. The van der Waals surface area contributed by atoms with E-state index in [1.54, 1.807) is 7.05 Å². The number of benzene rings is 1. The largest absolute Gasteiger partial charge is 0.494 e. The molecule has 0 spiro atoms. The zero-order valence-corrected chi connectivity index (χ0v) is 12.2. The fourth-order valence-corrected chi connectivity index (χ4v) is 1.79. The molecule has 1 atom stereocenters. The van der Waals surface area contributed by atoms with Crippen LogP contribution in [0.15, 0.2) is 18.2 Å². The van der Waals surface area contributed by atoms with E-state index in [1.165, 1.54) is 11.1 Å². The first-order chi connectivity index (χ1) is 8.89. The van der Waals surface area contributed by atoms with Gasteiger partial charge in [0.1, 0.15) is 5.75 Å². The Labute approximate surface area is 115 Å². The Morgan fingerprint density at radius 1 is 1.37 bits per heavy atom. The number of ether oxygens (including phenoxy) is 1. The summed E-state index contributed by atoms with van der Waals surface area (Å²) in [6.07, 6.45) is 1.43. The number of nitrogens with one attached hydrogen (secondary N) is 1. The van der Waals surface area contributed by atoms with Gasteiger partial charge in [0.05, 0.1) is 12.1 Å². The van der Waals surface area contributed by atoms with E-state index in [4.69, 9.17) is 10.5 Å². The van der Waals surface area contributed by atoms with Crippen molar-refractivity contribution in [2.45, 2.75) is 39.2 Å². The Bertz CT molecular complexity index is 446. The number of carbonyl (C=O) groups excluding carboxylic acids is 1. The minimum absolute atomic E-state index is 0.332. The number of primary amides is 1. The van der Waals surface area contributed by atoms with Crippen LogP contribution in [0.2, 0.25) is 0 Å². The molecule has 0 heterocycles. The Kier molecular flexibility index (Phi) is 5.36. The molecule has 1 aromatic rings. The molecule has 0 aliphatic heterocycles. The van der Waals surface area contributed by atoms with Crippen LogP contribution in [0.25, 0.3) is 0 Å². The number of nitrogens with two attached hydrogens (primary N) is 1. The smallest absolute Gasteiger partial charge is 0.237 e. The highest BCUT2D eigenvalue weighted by Crippen LogP contribution is 2.17. The van der Waals surface area contributed by atoms with Crippen molar-refractivity contribution in [3.8, 4) is 5.75 Å². The molecule has 0 aromatic heterocycles. The molecule has 106 valence electrons. The van der Waals surface area contributed by atoms with Gasteiger partial charge in [-0.15, -0.1) is 0 Å². The molecule has 0 fully saturated rings. The number of likely N-dealkylation sites (N-methyl/N-ethyl adjacent to an activating group) is 1. The first-order valence-electron chi connectivity index (χ1n) is 6.58. The van der Waals surface area contributed by atoms with Gasteiger partial charge < -0.3 is 15.8 Å². The topological polar surface area (TPSA) is 64.3 Å². The molecule has 1 unspecified atom stereocenters. The number of hydrogen-bond donors (Lipinski definition) is 2. The quantitative estimate of drug-likeness (QED) is 0.740. The van der Waals surface area contributed by atoms with Crippen molar-refractivity contribution < 1.29 is 9.53 Å². The Balaban J connectivity index is 2.42. The van der Waals surface area contributed by atoms with E-state index in [0.717, 1.165) is 12.2 Å². The van der Waals surface area contributed by atoms with E-state index in [9.17, 15) is 4.79 Å². The summed E-state index contributed by atoms with van der Waals surface area (Å²) in [4.78, 5) is 11.3. The van der Waals surface area contributed by atoms with E-state index < -0.39 is 5.54 Å². The molecule has 0 radical (unpaired) electrons. The summed E-state index contributed by atoms with van der Waals surface area (Å²) in [5.74, 6) is 0.537. The first kappa shape index (κ1) is 15.5. The van der Waals surface area contributed by atoms with E-state index >= 15 is 0 Å². The third kappa shape index (κ3) is 4.24. The molecule has 0 saturated heterocycles. The van der Waals surface area contributed by atoms with Gasteiger partial charge >= 0.3 is 0 Å². The van der Waals surface area contributed by atoms with Crippen molar-refractivity contribution in [2.24, 2.45) is 5.73 Å². The number of carbonyl (C=O) groups is 1. The Morgan fingerprint density at radius 2 is 2.05 bits per heavy atom. The third-order valence-electron chi connectivity index (χ3n) is 3.66. The Hall–Kier alpha value is -1.55. The maximum Gasteiger partial charge on any atom is 0.237 e. The summed E-state index contributed by atoms with van der Waals surface area (Å²) in [5.41, 5.74) is 7.18. The van der Waals surface area contributed by atoms with Crippen molar-refractivity contribution in [1.29, 1.82) is 0 Å². The van der Waals surface area contributed by atoms with Gasteiger partial charge in [-0.05, 0) is 63.9 Å². The molecule has 1 aromatic carbocycles. The summed E-state index contributed by atoms with van der Waals surface area (Å²) in [6, 6.07) is 6.04. The molecule has 0 aliphatic carbocycles. The average molecular weight is 264 g/mol. The van der Waals surface area contributed by atoms with Crippen molar-refractivity contribution >= 4 is 5.91 Å². The highest BCUT2D eigenvalue weighted by molar-refractivity contribution is 5.84. The second-order valence-electron chi connectivity index (χ2n) is 5.14. The lowest BCUT2D eigenvalue weighted by Gasteiger charge is -2.25. The van der Waals surface area contributed by atoms with Crippen molar-refractivity contribution in [2.75, 3.05) is 13.7 Å². The van der Waals surface area contributed by atoms with Crippen molar-refractivity contribution in [3.63, 3.8) is 0 Å². The van der Waals surface area contributed by atoms with Gasteiger partial charge in [0.2, 0.25) is 5.91 Å². The highest BCUT2D eigenvalue weighted by Gasteiger charge is 2.28. The van der Waals surface area contributed by atoms with Crippen LogP contribution in [-0.2, 0) is 4.79 Å². The van der Waals surface area contributed by atoms with Crippen LogP contribution >= 0.6 is 0 Å². The molecular weight excluding hydrogens is 240 g/mol. The molecule has 1 amide bonds. The minimum atomic E-state index is -0.660. The van der Waals surface area contributed by atoms with Crippen LogP contribution < -0.4 is 15.8 Å². The lowest BCUT2D eigenvalue weighted by atomic mass is 9.95.